The van der Waals surface area contributed by atoms with E-state index >= 15 is 0 Å². The van der Waals surface area contributed by atoms with Gasteiger partial charge in [0.25, 0.3) is 0 Å². The van der Waals surface area contributed by atoms with Crippen LogP contribution in [0, 0.1) is 5.82 Å². The number of likely N-dealkylation sites (tertiary alicyclic amines) is 1. The highest BCUT2D eigenvalue weighted by Crippen LogP contribution is 2.28. The second-order valence-electron chi connectivity index (χ2n) is 7.59. The molecule has 0 saturated carbocycles. The van der Waals surface area contributed by atoms with Crippen LogP contribution < -0.4 is 0 Å². The molecule has 0 N–H and O–H groups in total. The van der Waals surface area contributed by atoms with Crippen molar-refractivity contribution >= 4 is 22.9 Å². The number of halogens is 1. The van der Waals surface area contributed by atoms with E-state index in [4.69, 9.17) is 4.74 Å². The minimum Gasteiger partial charge on any atom is -0.463 e. The Morgan fingerprint density at radius 2 is 1.84 bits per heavy atom. The standard InChI is InChI=1S/C20H26N2O2.C6H5F/c1-3-21-12-10-18(11-13-21)22-14-9-17-7-5-16(15-19(17)22)6-8-20(23)24-4-2;7-6-4-2-1-3-5-6/h5-9,14-15,18H,3-4,10-13H2,1-2H3;1-5H. The maximum atomic E-state index is 11.9. The predicted octanol–water partition coefficient (Wildman–Crippen LogP) is 5.70. The van der Waals surface area contributed by atoms with Crippen molar-refractivity contribution in [3.63, 3.8) is 0 Å². The Morgan fingerprint density at radius 3 is 2.45 bits per heavy atom. The highest BCUT2D eigenvalue weighted by Gasteiger charge is 2.20. The monoisotopic (exact) mass is 422 g/mol. The highest BCUT2D eigenvalue weighted by molar-refractivity contribution is 5.89. The third-order valence-electron chi connectivity index (χ3n) is 5.58. The van der Waals surface area contributed by atoms with Gasteiger partial charge in [-0.25, -0.2) is 9.18 Å². The van der Waals surface area contributed by atoms with Crippen LogP contribution in [-0.2, 0) is 9.53 Å². The van der Waals surface area contributed by atoms with Crippen molar-refractivity contribution in [2.24, 2.45) is 0 Å². The van der Waals surface area contributed by atoms with Gasteiger partial charge in [0.1, 0.15) is 5.82 Å². The van der Waals surface area contributed by atoms with Gasteiger partial charge in [0.2, 0.25) is 0 Å². The highest BCUT2D eigenvalue weighted by atomic mass is 19.1. The molecule has 0 amide bonds. The minimum absolute atomic E-state index is 0.178. The van der Waals surface area contributed by atoms with Crippen molar-refractivity contribution in [3.05, 3.63) is 78.3 Å². The molecule has 1 aromatic heterocycles. The first-order chi connectivity index (χ1) is 15.1. The van der Waals surface area contributed by atoms with Crippen molar-refractivity contribution in [1.29, 1.82) is 0 Å². The lowest BCUT2D eigenvalue weighted by molar-refractivity contribution is -0.137. The zero-order valence-corrected chi connectivity index (χ0v) is 18.3. The first kappa shape index (κ1) is 22.8. The number of hydrogen-bond acceptors (Lipinski definition) is 3. The lowest BCUT2D eigenvalue weighted by Gasteiger charge is -2.32. The number of ether oxygens (including phenoxy) is 1. The molecule has 1 saturated heterocycles. The first-order valence-electron chi connectivity index (χ1n) is 11.0. The molecule has 4 rings (SSSR count). The minimum atomic E-state index is -0.292. The maximum absolute atomic E-state index is 11.9. The van der Waals surface area contributed by atoms with E-state index in [-0.39, 0.29) is 11.8 Å². The van der Waals surface area contributed by atoms with E-state index in [1.54, 1.807) is 18.2 Å². The number of carbonyl (C=O) groups excluding carboxylic acids is 1. The summed E-state index contributed by atoms with van der Waals surface area (Å²) in [5.41, 5.74) is 2.28. The Hall–Kier alpha value is -2.92. The van der Waals surface area contributed by atoms with Crippen LogP contribution in [0.15, 0.2) is 66.9 Å². The maximum Gasteiger partial charge on any atom is 0.330 e. The topological polar surface area (TPSA) is 34.5 Å². The molecule has 1 aliphatic rings. The third kappa shape index (κ3) is 6.53. The van der Waals surface area contributed by atoms with E-state index < -0.39 is 0 Å². The average Bonchev–Trinajstić information content (AvgIpc) is 3.22. The summed E-state index contributed by atoms with van der Waals surface area (Å²) in [6, 6.07) is 17.0. The average molecular weight is 423 g/mol. The molecule has 0 bridgehead atoms. The van der Waals surface area contributed by atoms with E-state index in [0.29, 0.717) is 12.6 Å². The zero-order valence-electron chi connectivity index (χ0n) is 18.3. The third-order valence-corrected chi connectivity index (χ3v) is 5.58. The van der Waals surface area contributed by atoms with Crippen molar-refractivity contribution in [1.82, 2.24) is 9.47 Å². The molecular formula is C26H31FN2O2. The van der Waals surface area contributed by atoms with E-state index in [1.165, 1.54) is 55.0 Å². The number of piperidine rings is 1. The number of esters is 1. The molecule has 31 heavy (non-hydrogen) atoms. The van der Waals surface area contributed by atoms with Gasteiger partial charge in [-0.3, -0.25) is 0 Å². The summed E-state index contributed by atoms with van der Waals surface area (Å²) in [7, 11) is 0. The Morgan fingerprint density at radius 1 is 1.10 bits per heavy atom. The van der Waals surface area contributed by atoms with Gasteiger partial charge in [-0.1, -0.05) is 37.3 Å². The van der Waals surface area contributed by atoms with Gasteiger partial charge < -0.3 is 14.2 Å². The van der Waals surface area contributed by atoms with Crippen LogP contribution in [-0.4, -0.2) is 41.7 Å². The molecule has 164 valence electrons. The number of fused-ring (bicyclic) bond motifs is 1. The Balaban J connectivity index is 0.000000330. The quantitative estimate of drug-likeness (QED) is 0.391. The van der Waals surface area contributed by atoms with Gasteiger partial charge in [-0.15, -0.1) is 0 Å². The summed E-state index contributed by atoms with van der Waals surface area (Å²) in [5, 5.41) is 1.25. The van der Waals surface area contributed by atoms with Gasteiger partial charge in [-0.2, -0.15) is 0 Å². The molecule has 1 aliphatic heterocycles. The fourth-order valence-corrected chi connectivity index (χ4v) is 3.87. The Kier molecular flexibility index (Phi) is 8.42. The van der Waals surface area contributed by atoms with Crippen LogP contribution in [0.25, 0.3) is 17.0 Å². The number of benzene rings is 2. The number of carbonyl (C=O) groups is 1. The molecule has 3 aromatic rings. The summed E-state index contributed by atoms with van der Waals surface area (Å²) in [6.45, 7) is 7.93. The van der Waals surface area contributed by atoms with Gasteiger partial charge in [0.05, 0.1) is 6.61 Å². The summed E-state index contributed by atoms with van der Waals surface area (Å²) in [5.74, 6) is -0.470. The van der Waals surface area contributed by atoms with E-state index in [2.05, 4.69) is 40.8 Å². The fraction of sp³-hybridized carbons (Fsp3) is 0.346. The summed E-state index contributed by atoms with van der Waals surface area (Å²) < 4.78 is 19.3. The fourth-order valence-electron chi connectivity index (χ4n) is 3.87. The first-order valence-corrected chi connectivity index (χ1v) is 11.0. The van der Waals surface area contributed by atoms with Crippen molar-refractivity contribution in [2.45, 2.75) is 32.7 Å². The van der Waals surface area contributed by atoms with Crippen LogP contribution in [0.5, 0.6) is 0 Å². The van der Waals surface area contributed by atoms with E-state index in [0.717, 1.165) is 12.1 Å². The molecule has 4 nitrogen and oxygen atoms in total. The number of aromatic nitrogens is 1. The van der Waals surface area contributed by atoms with Gasteiger partial charge in [0.15, 0.2) is 0 Å². The van der Waals surface area contributed by atoms with Gasteiger partial charge in [-0.05, 0) is 67.6 Å². The second kappa shape index (κ2) is 11.5. The Bertz CT molecular complexity index is 989. The van der Waals surface area contributed by atoms with Crippen LogP contribution in [0.2, 0.25) is 0 Å². The van der Waals surface area contributed by atoms with Crippen LogP contribution in [0.4, 0.5) is 4.39 Å². The van der Waals surface area contributed by atoms with Crippen molar-refractivity contribution < 1.29 is 13.9 Å². The summed E-state index contributed by atoms with van der Waals surface area (Å²) in [4.78, 5) is 14.0. The predicted molar refractivity (Wildman–Crippen MR) is 124 cm³/mol. The lowest BCUT2D eigenvalue weighted by Crippen LogP contribution is -2.34. The molecule has 2 aromatic carbocycles. The van der Waals surface area contributed by atoms with Crippen molar-refractivity contribution in [2.75, 3.05) is 26.2 Å². The van der Waals surface area contributed by atoms with Crippen molar-refractivity contribution in [3.8, 4) is 0 Å². The molecular weight excluding hydrogens is 391 g/mol. The largest absolute Gasteiger partial charge is 0.463 e. The summed E-state index contributed by atoms with van der Waals surface area (Å²) >= 11 is 0. The molecule has 0 spiro atoms. The molecule has 5 heteroatoms. The smallest absolute Gasteiger partial charge is 0.330 e. The molecule has 1 fully saturated rings. The number of nitrogens with zero attached hydrogens (tertiary/aromatic N) is 2. The SMILES string of the molecule is CCOC(=O)C=Cc1ccc2ccn(C3CCN(CC)CC3)c2c1.Fc1ccccc1. The van der Waals surface area contributed by atoms with Crippen LogP contribution in [0.3, 0.4) is 0 Å². The Labute approximate surface area is 183 Å². The normalized spacial score (nSPS) is 15.1. The summed E-state index contributed by atoms with van der Waals surface area (Å²) in [6.07, 6.45) is 7.92. The number of hydrogen-bond donors (Lipinski definition) is 0. The lowest BCUT2D eigenvalue weighted by atomic mass is 10.0. The van der Waals surface area contributed by atoms with Crippen LogP contribution >= 0.6 is 0 Å². The van der Waals surface area contributed by atoms with Crippen LogP contribution in [0.1, 0.15) is 38.3 Å². The van der Waals surface area contributed by atoms with E-state index in [1.807, 2.05) is 19.1 Å². The zero-order chi connectivity index (χ0) is 22.1. The van der Waals surface area contributed by atoms with E-state index in [9.17, 15) is 9.18 Å². The second-order valence-corrected chi connectivity index (χ2v) is 7.59. The van der Waals surface area contributed by atoms with Gasteiger partial charge >= 0.3 is 5.97 Å². The molecule has 0 unspecified atom stereocenters. The molecule has 0 atom stereocenters. The van der Waals surface area contributed by atoms with Gasteiger partial charge in [0, 0.05) is 36.9 Å². The molecule has 0 radical (unpaired) electrons. The molecule has 2 heterocycles. The number of rotatable bonds is 5. The molecule has 0 aliphatic carbocycles.